The van der Waals surface area contributed by atoms with Gasteiger partial charge in [0.05, 0.1) is 6.67 Å². The van der Waals surface area contributed by atoms with Gasteiger partial charge in [-0.25, -0.2) is 14.8 Å². The van der Waals surface area contributed by atoms with Crippen LogP contribution in [0.3, 0.4) is 0 Å². The van der Waals surface area contributed by atoms with E-state index >= 15 is 0 Å². The molecule has 28 heavy (non-hydrogen) atoms. The van der Waals surface area contributed by atoms with Crippen LogP contribution in [0, 0.1) is 0 Å². The first-order valence-corrected chi connectivity index (χ1v) is 10.4. The number of fused-ring (bicyclic) bond motifs is 1. The van der Waals surface area contributed by atoms with E-state index in [-0.39, 0.29) is 11.8 Å². The molecule has 3 aliphatic rings. The van der Waals surface area contributed by atoms with Gasteiger partial charge in [0.1, 0.15) is 18.4 Å². The van der Waals surface area contributed by atoms with Crippen LogP contribution in [0.25, 0.3) is 0 Å². The molecule has 1 atom stereocenters. The number of rotatable bonds is 5. The van der Waals surface area contributed by atoms with Gasteiger partial charge in [0.2, 0.25) is 5.91 Å². The Morgan fingerprint density at radius 1 is 1.21 bits per heavy atom. The Morgan fingerprint density at radius 2 is 1.86 bits per heavy atom. The summed E-state index contributed by atoms with van der Waals surface area (Å²) in [6.45, 7) is 6.89. The van der Waals surface area contributed by atoms with Crippen LogP contribution in [0.2, 0.25) is 0 Å². The van der Waals surface area contributed by atoms with E-state index in [1.807, 2.05) is 48.2 Å². The number of carbonyl (C=O) groups excluding carboxylic acids is 2. The third kappa shape index (κ3) is 3.86. The van der Waals surface area contributed by atoms with Crippen LogP contribution in [0.15, 0.2) is 11.9 Å². The molecule has 3 heterocycles. The number of hydrogen-bond acceptors (Lipinski definition) is 7. The zero-order valence-electron chi connectivity index (χ0n) is 16.7. The Bertz CT molecular complexity index is 691. The fourth-order valence-electron chi connectivity index (χ4n) is 3.68. The first kappa shape index (κ1) is 20.6. The molecule has 11 heteroatoms. The molecule has 0 aromatic rings. The number of amides is 3. The number of hydrogen-bond donors (Lipinski definition) is 2. The molecule has 10 nitrogen and oxygen atoms in total. The molecular weight excluding hydrogens is 384 g/mol. The second-order valence-electron chi connectivity index (χ2n) is 7.77. The Labute approximate surface area is 169 Å². The number of carboxylic acid groups (broad SMARTS) is 1. The van der Waals surface area contributed by atoms with E-state index in [9.17, 15) is 14.4 Å². The van der Waals surface area contributed by atoms with E-state index in [2.05, 4.69) is 5.32 Å². The predicted molar refractivity (Wildman–Crippen MR) is 105 cm³/mol. The topological polar surface area (TPSA) is 99.7 Å². The maximum atomic E-state index is 13.0. The molecule has 0 saturated carbocycles. The number of nitrogens with zero attached hydrogens (tertiary/aromatic N) is 5. The molecular formula is C17H28N6O4S. The van der Waals surface area contributed by atoms with Gasteiger partial charge in [-0.2, -0.15) is 11.8 Å². The van der Waals surface area contributed by atoms with E-state index in [0.29, 0.717) is 45.2 Å². The van der Waals surface area contributed by atoms with Gasteiger partial charge in [-0.3, -0.25) is 9.59 Å². The largest absolute Gasteiger partial charge is 0.465 e. The van der Waals surface area contributed by atoms with Crippen LogP contribution < -0.4 is 5.32 Å². The average Bonchev–Trinajstić information content (AvgIpc) is 3.16. The SMILES string of the molecule is CSC(C)(C)[C@@H](NC(=O)O)C(=O)N1CCN(N2CN3CN(C)C=C3C2=O)CC1. The highest BCUT2D eigenvalue weighted by Crippen LogP contribution is 2.28. The number of hydrazine groups is 1. The molecule has 3 aliphatic heterocycles. The predicted octanol–water partition coefficient (Wildman–Crippen LogP) is -0.331. The number of piperazine rings is 1. The minimum atomic E-state index is -1.21. The lowest BCUT2D eigenvalue weighted by atomic mass is 10.0. The fourth-order valence-corrected chi connectivity index (χ4v) is 4.07. The molecule has 0 unspecified atom stereocenters. The molecule has 0 aromatic heterocycles. The van der Waals surface area contributed by atoms with E-state index in [1.54, 1.807) is 9.91 Å². The highest BCUT2D eigenvalue weighted by atomic mass is 32.2. The van der Waals surface area contributed by atoms with Gasteiger partial charge in [-0.1, -0.05) is 0 Å². The summed E-state index contributed by atoms with van der Waals surface area (Å²) in [6, 6.07) is -0.828. The van der Waals surface area contributed by atoms with Crippen molar-refractivity contribution in [2.75, 3.05) is 52.8 Å². The zero-order chi connectivity index (χ0) is 20.6. The van der Waals surface area contributed by atoms with Crippen LogP contribution in [0.1, 0.15) is 13.8 Å². The Kier molecular flexibility index (Phi) is 5.67. The standard InChI is InChI=1S/C17H28N6O4S/c1-17(2,28-4)13(18-16(26)27)15(25)20-5-7-22(8-6-20)23-11-21-10-19(3)9-12(21)14(23)24/h9,13,18H,5-8,10-11H2,1-4H3,(H,26,27)/t13-/m0/s1. The Hall–Kier alpha value is -2.14. The van der Waals surface area contributed by atoms with Crippen LogP contribution in [-0.4, -0.2) is 111 Å². The van der Waals surface area contributed by atoms with Crippen LogP contribution >= 0.6 is 11.8 Å². The van der Waals surface area contributed by atoms with E-state index in [0.717, 1.165) is 0 Å². The quantitative estimate of drug-likeness (QED) is 0.633. The van der Waals surface area contributed by atoms with Gasteiger partial charge in [0.15, 0.2) is 0 Å². The molecule has 0 aromatic carbocycles. The molecule has 3 rings (SSSR count). The monoisotopic (exact) mass is 412 g/mol. The molecule has 156 valence electrons. The van der Waals surface area contributed by atoms with Gasteiger partial charge in [0, 0.05) is 44.2 Å². The van der Waals surface area contributed by atoms with Gasteiger partial charge < -0.3 is 25.1 Å². The smallest absolute Gasteiger partial charge is 0.405 e. The molecule has 0 spiro atoms. The summed E-state index contributed by atoms with van der Waals surface area (Å²) in [7, 11) is 1.94. The highest BCUT2D eigenvalue weighted by Gasteiger charge is 2.42. The van der Waals surface area contributed by atoms with Crippen molar-refractivity contribution >= 4 is 29.7 Å². The van der Waals surface area contributed by atoms with Gasteiger partial charge in [-0.15, -0.1) is 0 Å². The van der Waals surface area contributed by atoms with Crippen molar-refractivity contribution in [3.05, 3.63) is 11.9 Å². The maximum Gasteiger partial charge on any atom is 0.405 e. The van der Waals surface area contributed by atoms with Crippen molar-refractivity contribution < 1.29 is 19.5 Å². The number of thioether (sulfide) groups is 1. The van der Waals surface area contributed by atoms with Crippen molar-refractivity contribution in [2.45, 2.75) is 24.6 Å². The van der Waals surface area contributed by atoms with E-state index < -0.39 is 16.9 Å². The van der Waals surface area contributed by atoms with Crippen molar-refractivity contribution in [1.82, 2.24) is 30.0 Å². The van der Waals surface area contributed by atoms with Crippen molar-refractivity contribution in [3.63, 3.8) is 0 Å². The van der Waals surface area contributed by atoms with Crippen molar-refractivity contribution in [3.8, 4) is 0 Å². The normalized spacial score (nSPS) is 21.7. The number of carbonyl (C=O) groups is 3. The highest BCUT2D eigenvalue weighted by molar-refractivity contribution is 8.00. The summed E-state index contributed by atoms with van der Waals surface area (Å²) in [5.74, 6) is -0.239. The number of nitrogens with one attached hydrogen (secondary N) is 1. The van der Waals surface area contributed by atoms with Crippen molar-refractivity contribution in [1.29, 1.82) is 0 Å². The van der Waals surface area contributed by atoms with Gasteiger partial charge in [-0.05, 0) is 20.1 Å². The van der Waals surface area contributed by atoms with E-state index in [4.69, 9.17) is 5.11 Å². The van der Waals surface area contributed by atoms with Gasteiger partial charge >= 0.3 is 6.09 Å². The van der Waals surface area contributed by atoms with Crippen molar-refractivity contribution in [2.24, 2.45) is 0 Å². The third-order valence-corrected chi connectivity index (χ3v) is 6.77. The molecule has 0 aliphatic carbocycles. The molecule has 3 amide bonds. The van der Waals surface area contributed by atoms with Gasteiger partial charge in [0.25, 0.3) is 5.91 Å². The maximum absolute atomic E-state index is 13.0. The summed E-state index contributed by atoms with van der Waals surface area (Å²) >= 11 is 1.45. The second-order valence-corrected chi connectivity index (χ2v) is 9.23. The molecule has 0 radical (unpaired) electrons. The first-order chi connectivity index (χ1) is 13.1. The van der Waals surface area contributed by atoms with Crippen LogP contribution in [-0.2, 0) is 9.59 Å². The molecule has 2 N–H and O–H groups in total. The lowest BCUT2D eigenvalue weighted by molar-refractivity contribution is -0.149. The second kappa shape index (κ2) is 7.70. The summed E-state index contributed by atoms with van der Waals surface area (Å²) < 4.78 is -0.569. The van der Waals surface area contributed by atoms with E-state index in [1.165, 1.54) is 11.8 Å². The third-order valence-electron chi connectivity index (χ3n) is 5.48. The fraction of sp³-hybridized carbons (Fsp3) is 0.706. The molecule has 0 bridgehead atoms. The Morgan fingerprint density at radius 3 is 2.39 bits per heavy atom. The average molecular weight is 413 g/mol. The summed E-state index contributed by atoms with van der Waals surface area (Å²) in [5, 5.41) is 15.2. The lowest BCUT2D eigenvalue weighted by Gasteiger charge is -2.41. The minimum Gasteiger partial charge on any atom is -0.465 e. The zero-order valence-corrected chi connectivity index (χ0v) is 17.5. The lowest BCUT2D eigenvalue weighted by Crippen LogP contribution is -2.62. The van der Waals surface area contributed by atoms with Crippen LogP contribution in [0.5, 0.6) is 0 Å². The first-order valence-electron chi connectivity index (χ1n) is 9.21. The molecule has 2 saturated heterocycles. The summed E-state index contributed by atoms with van der Waals surface area (Å²) in [6.07, 6.45) is 2.51. The minimum absolute atomic E-state index is 0.0157. The Balaban J connectivity index is 1.61. The summed E-state index contributed by atoms with van der Waals surface area (Å²) in [4.78, 5) is 42.5. The molecule has 2 fully saturated rings. The van der Waals surface area contributed by atoms with Crippen LogP contribution in [0.4, 0.5) is 4.79 Å². The summed E-state index contributed by atoms with van der Waals surface area (Å²) in [5.41, 5.74) is 0.702.